The van der Waals surface area contributed by atoms with Crippen molar-refractivity contribution in [2.24, 2.45) is 0 Å². The number of fused-ring (bicyclic) bond motifs is 1. The Balaban J connectivity index is 1.90. The third kappa shape index (κ3) is 3.52. The van der Waals surface area contributed by atoms with E-state index < -0.39 is 10.0 Å². The maximum Gasteiger partial charge on any atom is 0.243 e. The van der Waals surface area contributed by atoms with Crippen molar-refractivity contribution in [3.05, 3.63) is 54.4 Å². The zero-order valence-corrected chi connectivity index (χ0v) is 15.2. The summed E-state index contributed by atoms with van der Waals surface area (Å²) in [6, 6.07) is 10.9. The molecule has 1 N–H and O–H groups in total. The van der Waals surface area contributed by atoms with Crippen molar-refractivity contribution in [3.8, 4) is 5.75 Å². The first-order chi connectivity index (χ1) is 11.9. The van der Waals surface area contributed by atoms with Crippen molar-refractivity contribution in [1.29, 1.82) is 0 Å². The topological polar surface area (TPSA) is 73.2 Å². The number of hydrogen-bond donors (Lipinski definition) is 1. The second-order valence-corrected chi connectivity index (χ2v) is 7.78. The molecule has 1 aromatic carbocycles. The van der Waals surface area contributed by atoms with Gasteiger partial charge >= 0.3 is 0 Å². The van der Waals surface area contributed by atoms with E-state index in [4.69, 9.17) is 4.74 Å². The summed E-state index contributed by atoms with van der Waals surface area (Å²) in [5.41, 5.74) is 1.53. The van der Waals surface area contributed by atoms with Crippen molar-refractivity contribution in [2.45, 2.75) is 31.3 Å². The molecule has 0 saturated carbocycles. The molecule has 2 heterocycles. The van der Waals surface area contributed by atoms with Gasteiger partial charge in [-0.05, 0) is 43.7 Å². The van der Waals surface area contributed by atoms with Gasteiger partial charge in [0.1, 0.15) is 16.3 Å². The first-order valence-electron chi connectivity index (χ1n) is 8.00. The van der Waals surface area contributed by atoms with E-state index in [0.717, 1.165) is 11.3 Å². The second-order valence-electron chi connectivity index (χ2n) is 6.04. The summed E-state index contributed by atoms with van der Waals surface area (Å²) in [7, 11) is -2.06. The molecule has 0 aliphatic rings. The normalized spacial score (nSPS) is 12.0. The van der Waals surface area contributed by atoms with E-state index in [0.29, 0.717) is 11.0 Å². The predicted molar refractivity (Wildman–Crippen MR) is 97.1 cm³/mol. The summed E-state index contributed by atoms with van der Waals surface area (Å²) < 4.78 is 35.2. The Morgan fingerprint density at radius 3 is 2.56 bits per heavy atom. The van der Waals surface area contributed by atoms with Gasteiger partial charge < -0.3 is 9.30 Å². The van der Waals surface area contributed by atoms with Crippen molar-refractivity contribution >= 4 is 21.1 Å². The van der Waals surface area contributed by atoms with Crippen molar-refractivity contribution in [3.63, 3.8) is 0 Å². The van der Waals surface area contributed by atoms with E-state index in [-0.39, 0.29) is 17.5 Å². The number of sulfonamides is 1. The van der Waals surface area contributed by atoms with Crippen LogP contribution in [0.15, 0.2) is 53.7 Å². The van der Waals surface area contributed by atoms with Crippen molar-refractivity contribution < 1.29 is 13.2 Å². The van der Waals surface area contributed by atoms with E-state index in [1.165, 1.54) is 0 Å². The highest BCUT2D eigenvalue weighted by molar-refractivity contribution is 7.89. The minimum atomic E-state index is -3.66. The van der Waals surface area contributed by atoms with Gasteiger partial charge in [0.25, 0.3) is 0 Å². The van der Waals surface area contributed by atoms with Gasteiger partial charge in [-0.1, -0.05) is 12.1 Å². The maximum absolute atomic E-state index is 12.8. The van der Waals surface area contributed by atoms with Gasteiger partial charge in [-0.3, -0.25) is 0 Å². The average molecular weight is 359 g/mol. The van der Waals surface area contributed by atoms with Crippen LogP contribution < -0.4 is 9.46 Å². The summed E-state index contributed by atoms with van der Waals surface area (Å²) in [5.74, 6) is 0.734. The number of nitrogens with one attached hydrogen (secondary N) is 1. The summed E-state index contributed by atoms with van der Waals surface area (Å²) in [4.78, 5) is 4.58. The van der Waals surface area contributed by atoms with Gasteiger partial charge in [0.2, 0.25) is 10.0 Å². The minimum Gasteiger partial charge on any atom is -0.497 e. The zero-order valence-electron chi connectivity index (χ0n) is 14.4. The largest absolute Gasteiger partial charge is 0.497 e. The fourth-order valence-corrected chi connectivity index (χ4v) is 3.87. The highest BCUT2D eigenvalue weighted by Gasteiger charge is 2.22. The molecule has 6 nitrogen and oxygen atoms in total. The molecule has 0 saturated heterocycles. The van der Waals surface area contributed by atoms with Crippen molar-refractivity contribution in [2.75, 3.05) is 7.11 Å². The van der Waals surface area contributed by atoms with Crippen molar-refractivity contribution in [1.82, 2.24) is 14.3 Å². The summed E-state index contributed by atoms with van der Waals surface area (Å²) in [5, 5.41) is 0.624. The molecule has 3 aromatic rings. The van der Waals surface area contributed by atoms with Crippen LogP contribution in [-0.2, 0) is 16.6 Å². The van der Waals surface area contributed by atoms with Gasteiger partial charge in [-0.25, -0.2) is 18.1 Å². The Labute approximate surface area is 147 Å². The molecular formula is C18H21N3O3S. The first kappa shape index (κ1) is 17.4. The SMILES string of the molecule is COc1ccc(CNS(=O)(=O)c2cn(C(C)C)c3ncccc23)cc1. The summed E-state index contributed by atoms with van der Waals surface area (Å²) >= 11 is 0. The second kappa shape index (κ2) is 6.85. The van der Waals surface area contributed by atoms with Crippen LogP contribution in [0, 0.1) is 0 Å². The average Bonchev–Trinajstić information content (AvgIpc) is 3.01. The highest BCUT2D eigenvalue weighted by atomic mass is 32.2. The van der Waals surface area contributed by atoms with E-state index in [1.807, 2.05) is 30.5 Å². The van der Waals surface area contributed by atoms with Crippen LogP contribution in [0.5, 0.6) is 5.75 Å². The lowest BCUT2D eigenvalue weighted by Gasteiger charge is -2.08. The molecule has 25 heavy (non-hydrogen) atoms. The van der Waals surface area contributed by atoms with Crippen LogP contribution in [0.25, 0.3) is 11.0 Å². The molecular weight excluding hydrogens is 338 g/mol. The number of ether oxygens (including phenoxy) is 1. The fourth-order valence-electron chi connectivity index (χ4n) is 2.66. The lowest BCUT2D eigenvalue weighted by atomic mass is 10.2. The molecule has 2 aromatic heterocycles. The smallest absolute Gasteiger partial charge is 0.243 e. The monoisotopic (exact) mass is 359 g/mol. The number of benzene rings is 1. The number of nitrogens with zero attached hydrogens (tertiary/aromatic N) is 2. The Bertz CT molecular complexity index is 976. The molecule has 0 aliphatic carbocycles. The highest BCUT2D eigenvalue weighted by Crippen LogP contribution is 2.26. The van der Waals surface area contributed by atoms with Gasteiger partial charge in [0.05, 0.1) is 7.11 Å². The first-order valence-corrected chi connectivity index (χ1v) is 9.49. The number of rotatable bonds is 6. The number of hydrogen-bond acceptors (Lipinski definition) is 4. The molecule has 7 heteroatoms. The van der Waals surface area contributed by atoms with Crippen LogP contribution >= 0.6 is 0 Å². The lowest BCUT2D eigenvalue weighted by molar-refractivity contribution is 0.414. The Hall–Kier alpha value is -2.38. The Morgan fingerprint density at radius 2 is 1.92 bits per heavy atom. The predicted octanol–water partition coefficient (Wildman–Crippen LogP) is 3.10. The minimum absolute atomic E-state index is 0.114. The van der Waals surface area contributed by atoms with Crippen LogP contribution in [-0.4, -0.2) is 25.1 Å². The van der Waals surface area contributed by atoms with Gasteiger partial charge in [0, 0.05) is 30.4 Å². The quantitative estimate of drug-likeness (QED) is 0.734. The summed E-state index contributed by atoms with van der Waals surface area (Å²) in [6.45, 7) is 4.20. The van der Waals surface area contributed by atoms with E-state index >= 15 is 0 Å². The molecule has 0 radical (unpaired) electrons. The molecule has 0 atom stereocenters. The fraction of sp³-hybridized carbons (Fsp3) is 0.278. The van der Waals surface area contributed by atoms with E-state index in [9.17, 15) is 8.42 Å². The molecule has 0 amide bonds. The summed E-state index contributed by atoms with van der Waals surface area (Å²) in [6.07, 6.45) is 3.32. The third-order valence-electron chi connectivity index (χ3n) is 4.02. The van der Waals surface area contributed by atoms with Gasteiger partial charge in [-0.15, -0.1) is 0 Å². The zero-order chi connectivity index (χ0) is 18.0. The van der Waals surface area contributed by atoms with Gasteiger partial charge in [0.15, 0.2) is 0 Å². The van der Waals surface area contributed by atoms with E-state index in [2.05, 4.69) is 9.71 Å². The molecule has 0 fully saturated rings. The maximum atomic E-state index is 12.8. The Morgan fingerprint density at radius 1 is 1.20 bits per heavy atom. The lowest BCUT2D eigenvalue weighted by Crippen LogP contribution is -2.23. The van der Waals surface area contributed by atoms with Crippen LogP contribution in [0.4, 0.5) is 0 Å². The van der Waals surface area contributed by atoms with E-state index in [1.54, 1.807) is 43.8 Å². The molecule has 0 aliphatic heterocycles. The third-order valence-corrected chi connectivity index (χ3v) is 5.45. The molecule has 132 valence electrons. The molecule has 0 spiro atoms. The number of pyridine rings is 1. The standard InChI is InChI=1S/C18H21N3O3S/c1-13(2)21-12-17(16-5-4-10-19-18(16)21)25(22,23)20-11-14-6-8-15(24-3)9-7-14/h4-10,12-13,20H,11H2,1-3H3. The van der Waals surface area contributed by atoms with Gasteiger partial charge in [-0.2, -0.15) is 0 Å². The van der Waals surface area contributed by atoms with Crippen LogP contribution in [0.1, 0.15) is 25.5 Å². The Kier molecular flexibility index (Phi) is 4.78. The van der Waals surface area contributed by atoms with Crippen LogP contribution in [0.3, 0.4) is 0 Å². The number of aromatic nitrogens is 2. The van der Waals surface area contributed by atoms with Crippen LogP contribution in [0.2, 0.25) is 0 Å². The number of methoxy groups -OCH3 is 1. The molecule has 0 bridgehead atoms. The molecule has 3 rings (SSSR count). The molecule has 0 unspecified atom stereocenters.